The summed E-state index contributed by atoms with van der Waals surface area (Å²) in [5.74, 6) is 2.28. The molecule has 0 aromatic carbocycles. The maximum Gasteiger partial charge on any atom is 0.236 e. The summed E-state index contributed by atoms with van der Waals surface area (Å²) in [5, 5.41) is 2.95. The maximum atomic E-state index is 5.71. The third kappa shape index (κ3) is 2.86. The number of aryl methyl sites for hydroxylation is 1. The van der Waals surface area contributed by atoms with E-state index >= 15 is 0 Å². The van der Waals surface area contributed by atoms with Crippen LogP contribution in [0.2, 0.25) is 0 Å². The third-order valence-electron chi connectivity index (χ3n) is 2.74. The van der Waals surface area contributed by atoms with Gasteiger partial charge in [-0.25, -0.2) is 9.97 Å². The molecule has 6 heteroatoms. The van der Waals surface area contributed by atoms with Crippen LogP contribution < -0.4 is 5.73 Å². The molecule has 3 aromatic rings. The lowest BCUT2D eigenvalue weighted by atomic mass is 10.4. The van der Waals surface area contributed by atoms with Gasteiger partial charge in [0, 0.05) is 5.75 Å². The van der Waals surface area contributed by atoms with Crippen LogP contribution in [0.3, 0.4) is 0 Å². The second kappa shape index (κ2) is 5.68. The van der Waals surface area contributed by atoms with Gasteiger partial charge in [0.25, 0.3) is 0 Å². The van der Waals surface area contributed by atoms with E-state index < -0.39 is 0 Å². The average molecular weight is 303 g/mol. The minimum atomic E-state index is 0.673. The largest absolute Gasteiger partial charge is 0.440 e. The molecular formula is C14H13N3OS2. The van der Waals surface area contributed by atoms with Crippen LogP contribution in [-0.2, 0) is 5.75 Å². The average Bonchev–Trinajstić information content (AvgIpc) is 3.08. The molecule has 0 saturated heterocycles. The van der Waals surface area contributed by atoms with E-state index in [1.54, 1.807) is 29.3 Å². The van der Waals surface area contributed by atoms with Crippen LogP contribution in [0.15, 0.2) is 45.3 Å². The molecule has 0 aliphatic carbocycles. The van der Waals surface area contributed by atoms with Gasteiger partial charge in [-0.3, -0.25) is 0 Å². The van der Waals surface area contributed by atoms with Gasteiger partial charge < -0.3 is 10.2 Å². The minimum Gasteiger partial charge on any atom is -0.440 e. The topological polar surface area (TPSA) is 64.9 Å². The Kier molecular flexibility index (Phi) is 3.75. The van der Waals surface area contributed by atoms with Crippen LogP contribution in [0.1, 0.15) is 11.5 Å². The molecule has 0 aliphatic heterocycles. The first-order valence-electron chi connectivity index (χ1n) is 6.07. The van der Waals surface area contributed by atoms with Crippen molar-refractivity contribution >= 4 is 28.8 Å². The molecule has 0 aliphatic rings. The Morgan fingerprint density at radius 3 is 2.95 bits per heavy atom. The summed E-state index contributed by atoms with van der Waals surface area (Å²) >= 11 is 3.25. The molecule has 0 unspecified atom stereocenters. The van der Waals surface area contributed by atoms with Crippen LogP contribution in [0.4, 0.5) is 5.69 Å². The number of rotatable bonds is 4. The smallest absolute Gasteiger partial charge is 0.236 e. The normalized spacial score (nSPS) is 10.8. The number of oxazole rings is 1. The first-order chi connectivity index (χ1) is 9.72. The fourth-order valence-electron chi connectivity index (χ4n) is 1.69. The van der Waals surface area contributed by atoms with E-state index in [1.165, 1.54) is 0 Å². The molecule has 2 N–H and O–H groups in total. The quantitative estimate of drug-likeness (QED) is 0.738. The Labute approximate surface area is 125 Å². The summed E-state index contributed by atoms with van der Waals surface area (Å²) in [6.07, 6.45) is 1.66. The van der Waals surface area contributed by atoms with Gasteiger partial charge in [-0.05, 0) is 30.5 Å². The number of hydrogen-bond acceptors (Lipinski definition) is 6. The second-order valence-electron chi connectivity index (χ2n) is 4.22. The van der Waals surface area contributed by atoms with Crippen molar-refractivity contribution in [2.24, 2.45) is 0 Å². The summed E-state index contributed by atoms with van der Waals surface area (Å²) in [6, 6.07) is 7.76. The zero-order valence-corrected chi connectivity index (χ0v) is 12.5. The Morgan fingerprint density at radius 2 is 2.25 bits per heavy atom. The molecule has 0 radical (unpaired) electrons. The number of hydrogen-bond donors (Lipinski definition) is 1. The fraction of sp³-hybridized carbons (Fsp3) is 0.143. The molecule has 0 amide bonds. The van der Waals surface area contributed by atoms with Crippen molar-refractivity contribution in [3.05, 3.63) is 47.3 Å². The van der Waals surface area contributed by atoms with Crippen molar-refractivity contribution < 1.29 is 4.42 Å². The summed E-state index contributed by atoms with van der Waals surface area (Å²) in [6.45, 7) is 1.94. The van der Waals surface area contributed by atoms with Crippen molar-refractivity contribution in [3.8, 4) is 10.8 Å². The molecule has 0 atom stereocenters. The number of thioether (sulfide) groups is 1. The molecule has 4 nitrogen and oxygen atoms in total. The number of nitrogens with two attached hydrogens (primary N) is 1. The zero-order valence-electron chi connectivity index (χ0n) is 10.9. The zero-order chi connectivity index (χ0) is 13.9. The van der Waals surface area contributed by atoms with Gasteiger partial charge in [-0.2, -0.15) is 0 Å². The van der Waals surface area contributed by atoms with E-state index in [9.17, 15) is 0 Å². The molecule has 3 heterocycles. The second-order valence-corrected chi connectivity index (χ2v) is 6.16. The number of nitrogens with zero attached hydrogens (tertiary/aromatic N) is 2. The Bertz CT molecular complexity index is 690. The molecule has 20 heavy (non-hydrogen) atoms. The molecule has 0 bridgehead atoms. The SMILES string of the molecule is Cc1oc(-c2cccs2)nc1CSc1ccc(N)cn1. The van der Waals surface area contributed by atoms with Gasteiger partial charge in [0.15, 0.2) is 0 Å². The van der Waals surface area contributed by atoms with Gasteiger partial charge in [-0.1, -0.05) is 17.8 Å². The summed E-state index contributed by atoms with van der Waals surface area (Å²) in [7, 11) is 0. The van der Waals surface area contributed by atoms with Crippen LogP contribution >= 0.6 is 23.1 Å². The number of aromatic nitrogens is 2. The number of anilines is 1. The van der Waals surface area contributed by atoms with Gasteiger partial charge in [0.05, 0.1) is 27.5 Å². The highest BCUT2D eigenvalue weighted by Crippen LogP contribution is 2.29. The van der Waals surface area contributed by atoms with Gasteiger partial charge in [0.1, 0.15) is 5.76 Å². The summed E-state index contributed by atoms with van der Waals surface area (Å²) in [4.78, 5) is 9.87. The molecule has 0 saturated carbocycles. The van der Waals surface area contributed by atoms with Crippen LogP contribution in [0.25, 0.3) is 10.8 Å². The highest BCUT2D eigenvalue weighted by atomic mass is 32.2. The van der Waals surface area contributed by atoms with Gasteiger partial charge in [-0.15, -0.1) is 11.3 Å². The lowest BCUT2D eigenvalue weighted by Crippen LogP contribution is -1.88. The summed E-state index contributed by atoms with van der Waals surface area (Å²) in [5.41, 5.74) is 7.25. The molecule has 0 spiro atoms. The monoisotopic (exact) mass is 303 g/mol. The van der Waals surface area contributed by atoms with Crippen molar-refractivity contribution in [1.29, 1.82) is 0 Å². The van der Waals surface area contributed by atoms with E-state index in [4.69, 9.17) is 10.2 Å². The van der Waals surface area contributed by atoms with E-state index in [1.807, 2.05) is 36.6 Å². The number of thiophene rings is 1. The molecule has 3 rings (SSSR count). The van der Waals surface area contributed by atoms with E-state index in [2.05, 4.69) is 9.97 Å². The first kappa shape index (κ1) is 13.2. The number of pyridine rings is 1. The van der Waals surface area contributed by atoms with Crippen molar-refractivity contribution in [2.45, 2.75) is 17.7 Å². The highest BCUT2D eigenvalue weighted by Gasteiger charge is 2.12. The minimum absolute atomic E-state index is 0.673. The predicted octanol–water partition coefficient (Wildman–Crippen LogP) is 3.98. The maximum absolute atomic E-state index is 5.71. The van der Waals surface area contributed by atoms with Crippen LogP contribution in [0, 0.1) is 6.92 Å². The van der Waals surface area contributed by atoms with E-state index in [0.717, 1.165) is 27.1 Å². The Morgan fingerprint density at radius 1 is 1.35 bits per heavy atom. The van der Waals surface area contributed by atoms with Crippen molar-refractivity contribution in [3.63, 3.8) is 0 Å². The highest BCUT2D eigenvalue weighted by molar-refractivity contribution is 7.98. The third-order valence-corrected chi connectivity index (χ3v) is 4.55. The van der Waals surface area contributed by atoms with Crippen LogP contribution in [0.5, 0.6) is 0 Å². The van der Waals surface area contributed by atoms with Crippen molar-refractivity contribution in [2.75, 3.05) is 5.73 Å². The van der Waals surface area contributed by atoms with Crippen molar-refractivity contribution in [1.82, 2.24) is 9.97 Å². The Hall–Kier alpha value is -1.79. The number of nitrogen functional groups attached to an aromatic ring is 1. The lowest BCUT2D eigenvalue weighted by molar-refractivity contribution is 0.542. The first-order valence-corrected chi connectivity index (χ1v) is 7.93. The molecule has 3 aromatic heterocycles. The van der Waals surface area contributed by atoms with Gasteiger partial charge in [0.2, 0.25) is 5.89 Å². The van der Waals surface area contributed by atoms with Gasteiger partial charge >= 0.3 is 0 Å². The van der Waals surface area contributed by atoms with E-state index in [0.29, 0.717) is 11.6 Å². The van der Waals surface area contributed by atoms with E-state index in [-0.39, 0.29) is 0 Å². The lowest BCUT2D eigenvalue weighted by Gasteiger charge is -1.99. The molecular weight excluding hydrogens is 290 g/mol. The predicted molar refractivity (Wildman–Crippen MR) is 82.8 cm³/mol. The standard InChI is InChI=1S/C14H13N3OS2/c1-9-11(8-20-13-5-4-10(15)7-16-13)17-14(18-9)12-3-2-6-19-12/h2-7H,8,15H2,1H3. The summed E-state index contributed by atoms with van der Waals surface area (Å²) < 4.78 is 5.71. The molecule has 0 fully saturated rings. The molecule has 102 valence electrons. The fourth-order valence-corrected chi connectivity index (χ4v) is 3.18. The van der Waals surface area contributed by atoms with Crippen LogP contribution in [-0.4, -0.2) is 9.97 Å². The Balaban J connectivity index is 1.73.